The summed E-state index contributed by atoms with van der Waals surface area (Å²) in [6, 6.07) is 17.9. The van der Waals surface area contributed by atoms with Gasteiger partial charge in [0.25, 0.3) is 0 Å². The van der Waals surface area contributed by atoms with Gasteiger partial charge in [0.05, 0.1) is 11.7 Å². The Labute approximate surface area is 143 Å². The first-order chi connectivity index (χ1) is 11.6. The molecule has 0 N–H and O–H groups in total. The summed E-state index contributed by atoms with van der Waals surface area (Å²) >= 11 is 0. The highest BCUT2D eigenvalue weighted by Crippen LogP contribution is 2.51. The Hall–Kier alpha value is -1.85. The number of fused-ring (bicyclic) bond motifs is 3. The van der Waals surface area contributed by atoms with Gasteiger partial charge in [0.15, 0.2) is 0 Å². The molecule has 3 atom stereocenters. The largest absolute Gasteiger partial charge is 0.297 e. The average Bonchev–Trinajstić information content (AvgIpc) is 2.95. The molecule has 5 heteroatoms. The predicted octanol–water partition coefficient (Wildman–Crippen LogP) is 3.00. The van der Waals surface area contributed by atoms with E-state index in [9.17, 15) is 8.42 Å². The van der Waals surface area contributed by atoms with Gasteiger partial charge in [0.1, 0.15) is 5.25 Å². The molecular formula is C19H22N2O2S. The Bertz CT molecular complexity index is 851. The summed E-state index contributed by atoms with van der Waals surface area (Å²) in [5.74, 6) is -0.00592. The van der Waals surface area contributed by atoms with Crippen molar-refractivity contribution in [2.45, 2.75) is 24.1 Å². The van der Waals surface area contributed by atoms with Gasteiger partial charge in [-0.05, 0) is 31.2 Å². The maximum absolute atomic E-state index is 13.4. The van der Waals surface area contributed by atoms with Crippen LogP contribution in [0.2, 0.25) is 0 Å². The second kappa shape index (κ2) is 5.60. The minimum absolute atomic E-state index is 0.00592. The van der Waals surface area contributed by atoms with Gasteiger partial charge < -0.3 is 0 Å². The van der Waals surface area contributed by atoms with Crippen LogP contribution in [0.5, 0.6) is 0 Å². The van der Waals surface area contributed by atoms with Gasteiger partial charge >= 0.3 is 0 Å². The zero-order chi connectivity index (χ0) is 16.9. The minimum Gasteiger partial charge on any atom is -0.297 e. The first kappa shape index (κ1) is 15.7. The van der Waals surface area contributed by atoms with E-state index < -0.39 is 15.3 Å². The first-order valence-corrected chi connectivity index (χ1v) is 9.91. The van der Waals surface area contributed by atoms with Crippen LogP contribution in [0.15, 0.2) is 54.6 Å². The number of anilines is 1. The molecule has 2 aromatic carbocycles. The van der Waals surface area contributed by atoms with Crippen LogP contribution in [0.4, 0.5) is 5.69 Å². The monoisotopic (exact) mass is 342 g/mol. The molecule has 2 heterocycles. The number of hydrogen-bond acceptors (Lipinski definition) is 3. The van der Waals surface area contributed by atoms with E-state index in [-0.39, 0.29) is 12.0 Å². The molecule has 126 valence electrons. The molecule has 1 fully saturated rings. The maximum atomic E-state index is 13.4. The third-order valence-electron chi connectivity index (χ3n) is 5.36. The molecule has 24 heavy (non-hydrogen) atoms. The number of sulfonamides is 1. The van der Waals surface area contributed by atoms with Gasteiger partial charge in [0.2, 0.25) is 10.0 Å². The molecule has 1 saturated heterocycles. The van der Waals surface area contributed by atoms with Crippen molar-refractivity contribution in [3.8, 4) is 0 Å². The summed E-state index contributed by atoms with van der Waals surface area (Å²) in [5.41, 5.74) is 3.07. The highest BCUT2D eigenvalue weighted by atomic mass is 32.2. The lowest BCUT2D eigenvalue weighted by Gasteiger charge is -2.39. The van der Waals surface area contributed by atoms with Gasteiger partial charge in [-0.25, -0.2) is 8.42 Å². The zero-order valence-corrected chi connectivity index (χ0v) is 14.8. The molecule has 0 unspecified atom stereocenters. The summed E-state index contributed by atoms with van der Waals surface area (Å²) in [5, 5.41) is -0.431. The smallest absolute Gasteiger partial charge is 0.240 e. The topological polar surface area (TPSA) is 40.6 Å². The molecule has 0 spiro atoms. The molecule has 2 aromatic rings. The van der Waals surface area contributed by atoms with Crippen LogP contribution in [-0.4, -0.2) is 38.7 Å². The van der Waals surface area contributed by atoms with Crippen molar-refractivity contribution >= 4 is 15.7 Å². The van der Waals surface area contributed by atoms with Gasteiger partial charge in [0, 0.05) is 19.0 Å². The fraction of sp³-hybridized carbons (Fsp3) is 0.368. The van der Waals surface area contributed by atoms with Crippen LogP contribution in [0.25, 0.3) is 0 Å². The van der Waals surface area contributed by atoms with E-state index in [0.29, 0.717) is 6.54 Å². The highest BCUT2D eigenvalue weighted by Gasteiger charge is 2.54. The zero-order valence-electron chi connectivity index (χ0n) is 14.0. The maximum Gasteiger partial charge on any atom is 0.240 e. The molecule has 0 bridgehead atoms. The second-order valence-corrected chi connectivity index (χ2v) is 8.65. The lowest BCUT2D eigenvalue weighted by molar-refractivity contribution is 0.314. The molecule has 4 nitrogen and oxygen atoms in total. The Balaban J connectivity index is 1.92. The molecule has 0 radical (unpaired) electrons. The number of nitrogens with zero attached hydrogens (tertiary/aromatic N) is 2. The van der Waals surface area contributed by atoms with E-state index in [0.717, 1.165) is 23.4 Å². The van der Waals surface area contributed by atoms with Crippen LogP contribution in [0, 0.1) is 0 Å². The lowest BCUT2D eigenvalue weighted by Crippen LogP contribution is -2.47. The summed E-state index contributed by atoms with van der Waals surface area (Å²) in [7, 11) is -1.37. The highest BCUT2D eigenvalue weighted by molar-refractivity contribution is 7.93. The Morgan fingerprint density at radius 3 is 2.42 bits per heavy atom. The van der Waals surface area contributed by atoms with E-state index in [4.69, 9.17) is 0 Å². The van der Waals surface area contributed by atoms with Gasteiger partial charge in [-0.15, -0.1) is 0 Å². The number of likely N-dealkylation sites (tertiary alicyclic amines) is 1. The summed E-state index contributed by atoms with van der Waals surface area (Å²) in [6.45, 7) is 3.13. The molecule has 0 aromatic heterocycles. The molecule has 4 rings (SSSR count). The fourth-order valence-corrected chi connectivity index (χ4v) is 6.81. The van der Waals surface area contributed by atoms with E-state index in [1.165, 1.54) is 0 Å². The number of benzene rings is 2. The molecule has 2 aliphatic heterocycles. The standard InChI is InChI=1S/C19H22N2O2S/c1-3-21-17-12-8-7-11-15(17)18-19(24(21,22)23)16(13-20(18)2)14-9-5-4-6-10-14/h4-12,16,18-19H,3,13H2,1-2H3/t16-,18-,19-/m0/s1. The predicted molar refractivity (Wildman–Crippen MR) is 96.7 cm³/mol. The normalized spacial score (nSPS) is 28.4. The molecule has 0 amide bonds. The van der Waals surface area contributed by atoms with Crippen molar-refractivity contribution in [1.29, 1.82) is 0 Å². The number of rotatable bonds is 2. The van der Waals surface area contributed by atoms with Crippen LogP contribution in [0.3, 0.4) is 0 Å². The molecular weight excluding hydrogens is 320 g/mol. The molecule has 2 aliphatic rings. The molecule has 0 aliphatic carbocycles. The van der Waals surface area contributed by atoms with E-state index in [2.05, 4.69) is 11.0 Å². The first-order valence-electron chi connectivity index (χ1n) is 8.41. The average molecular weight is 342 g/mol. The molecule has 0 saturated carbocycles. The SMILES string of the molecule is CCN1c2ccccc2[C@H]2[C@H]([C@H](c3ccccc3)CN2C)S1(=O)=O. The van der Waals surface area contributed by atoms with Crippen molar-refractivity contribution in [3.05, 3.63) is 65.7 Å². The summed E-state index contributed by atoms with van der Waals surface area (Å²) in [4.78, 5) is 2.20. The Morgan fingerprint density at radius 2 is 1.71 bits per heavy atom. The van der Waals surface area contributed by atoms with Crippen molar-refractivity contribution in [2.75, 3.05) is 24.4 Å². The number of para-hydroxylation sites is 1. The Morgan fingerprint density at radius 1 is 1.04 bits per heavy atom. The van der Waals surface area contributed by atoms with E-state index >= 15 is 0 Å². The third kappa shape index (κ3) is 2.11. The van der Waals surface area contributed by atoms with E-state index in [1.807, 2.05) is 62.5 Å². The fourth-order valence-electron chi connectivity index (χ4n) is 4.38. The summed E-state index contributed by atoms with van der Waals surface area (Å²) in [6.07, 6.45) is 0. The van der Waals surface area contributed by atoms with Crippen molar-refractivity contribution in [2.24, 2.45) is 0 Å². The Kier molecular flexibility index (Phi) is 3.66. The minimum atomic E-state index is -3.40. The van der Waals surface area contributed by atoms with Gasteiger partial charge in [-0.3, -0.25) is 9.21 Å². The van der Waals surface area contributed by atoms with Crippen LogP contribution >= 0.6 is 0 Å². The van der Waals surface area contributed by atoms with Gasteiger partial charge in [-0.2, -0.15) is 0 Å². The quantitative estimate of drug-likeness (QED) is 0.842. The third-order valence-corrected chi connectivity index (χ3v) is 7.70. The summed E-state index contributed by atoms with van der Waals surface area (Å²) < 4.78 is 28.4. The van der Waals surface area contributed by atoms with Crippen LogP contribution in [0.1, 0.15) is 30.0 Å². The number of hydrogen-bond donors (Lipinski definition) is 0. The lowest BCUT2D eigenvalue weighted by atomic mass is 9.92. The van der Waals surface area contributed by atoms with Crippen molar-refractivity contribution in [3.63, 3.8) is 0 Å². The van der Waals surface area contributed by atoms with Crippen LogP contribution in [-0.2, 0) is 10.0 Å². The van der Waals surface area contributed by atoms with Crippen LogP contribution < -0.4 is 4.31 Å². The second-order valence-electron chi connectivity index (χ2n) is 6.63. The van der Waals surface area contributed by atoms with Crippen molar-refractivity contribution < 1.29 is 8.42 Å². The van der Waals surface area contributed by atoms with Gasteiger partial charge in [-0.1, -0.05) is 48.5 Å². The van der Waals surface area contributed by atoms with E-state index in [1.54, 1.807) is 4.31 Å². The number of likely N-dealkylation sites (N-methyl/N-ethyl adjacent to an activating group) is 1. The van der Waals surface area contributed by atoms with Crippen molar-refractivity contribution in [1.82, 2.24) is 4.90 Å².